The smallest absolute Gasteiger partial charge is 0.341 e. The van der Waals surface area contributed by atoms with E-state index in [0.717, 1.165) is 29.2 Å². The molecule has 172 valence electrons. The van der Waals surface area contributed by atoms with Crippen molar-refractivity contribution in [2.45, 2.75) is 20.4 Å². The van der Waals surface area contributed by atoms with Crippen LogP contribution in [0.2, 0.25) is 5.02 Å². The zero-order valence-electron chi connectivity index (χ0n) is 17.6. The Balaban J connectivity index is 0.00000233. The van der Waals surface area contributed by atoms with Crippen molar-refractivity contribution >= 4 is 27.6 Å². The molecule has 0 aromatic heterocycles. The van der Waals surface area contributed by atoms with Crippen LogP contribution in [-0.4, -0.2) is 61.5 Å². The van der Waals surface area contributed by atoms with E-state index in [1.807, 2.05) is 18.7 Å². The molecule has 1 aromatic carbocycles. The van der Waals surface area contributed by atoms with E-state index in [1.54, 1.807) is 18.2 Å². The fourth-order valence-corrected chi connectivity index (χ4v) is 4.04. The van der Waals surface area contributed by atoms with Crippen molar-refractivity contribution in [3.05, 3.63) is 64.8 Å². The third-order valence-corrected chi connectivity index (χ3v) is 5.98. The summed E-state index contributed by atoms with van der Waals surface area (Å²) in [6.07, 6.45) is 3.15. The van der Waals surface area contributed by atoms with Gasteiger partial charge in [-0.15, -0.1) is 0 Å². The van der Waals surface area contributed by atoms with Crippen molar-refractivity contribution in [1.29, 1.82) is 0 Å². The molecule has 0 unspecified atom stereocenters. The zero-order chi connectivity index (χ0) is 23.4. The Morgan fingerprint density at radius 1 is 1.29 bits per heavy atom. The van der Waals surface area contributed by atoms with Gasteiger partial charge in [0.25, 0.3) is 0 Å². The van der Waals surface area contributed by atoms with Crippen molar-refractivity contribution in [3.63, 3.8) is 0 Å². The van der Waals surface area contributed by atoms with Crippen molar-refractivity contribution in [1.82, 2.24) is 9.21 Å². The number of piperazine rings is 1. The molecule has 1 aromatic rings. The number of allylic oxidation sites excluding steroid dienone is 4. The van der Waals surface area contributed by atoms with Gasteiger partial charge in [-0.2, -0.15) is 4.31 Å². The summed E-state index contributed by atoms with van der Waals surface area (Å²) in [5.74, 6) is -1.28. The Bertz CT molecular complexity index is 910. The molecule has 31 heavy (non-hydrogen) atoms. The summed E-state index contributed by atoms with van der Waals surface area (Å²) in [6.45, 7) is 8.70. The molecular formula is C21H28ClFN2O5S. The van der Waals surface area contributed by atoms with Crippen LogP contribution in [0.15, 0.2) is 54.2 Å². The van der Waals surface area contributed by atoms with Gasteiger partial charge < -0.3 is 9.84 Å². The van der Waals surface area contributed by atoms with Crippen LogP contribution in [0.25, 0.3) is 0 Å². The average Bonchev–Trinajstić information content (AvgIpc) is 2.74. The van der Waals surface area contributed by atoms with Crippen LogP contribution in [0, 0.1) is 0 Å². The molecular weight excluding hydrogens is 447 g/mol. The van der Waals surface area contributed by atoms with Gasteiger partial charge in [0.2, 0.25) is 10.0 Å². The number of carboxylic acids is 1. The molecule has 10 heteroatoms. The number of ether oxygens (including phenoxy) is 1. The number of nitrogens with zero attached hydrogens (tertiary/aromatic N) is 2. The van der Waals surface area contributed by atoms with Crippen LogP contribution < -0.4 is 4.74 Å². The van der Waals surface area contributed by atoms with Gasteiger partial charge in [-0.25, -0.2) is 17.6 Å². The van der Waals surface area contributed by atoms with Gasteiger partial charge in [0.05, 0.1) is 0 Å². The molecule has 1 saturated heterocycles. The van der Waals surface area contributed by atoms with Crippen LogP contribution in [0.5, 0.6) is 5.75 Å². The first-order chi connectivity index (χ1) is 14.7. The van der Waals surface area contributed by atoms with Gasteiger partial charge in [-0.1, -0.05) is 32.0 Å². The van der Waals surface area contributed by atoms with E-state index < -0.39 is 28.4 Å². The average molecular weight is 475 g/mol. The number of sulfonamides is 1. The fourth-order valence-electron chi connectivity index (χ4n) is 2.72. The first-order valence-corrected chi connectivity index (χ1v) is 11.6. The molecule has 7 nitrogen and oxygen atoms in total. The van der Waals surface area contributed by atoms with E-state index in [9.17, 15) is 17.6 Å². The summed E-state index contributed by atoms with van der Waals surface area (Å²) in [4.78, 5) is 12.8. The molecule has 1 aliphatic rings. The lowest BCUT2D eigenvalue weighted by Gasteiger charge is -2.33. The van der Waals surface area contributed by atoms with Gasteiger partial charge in [0.1, 0.15) is 11.6 Å². The Morgan fingerprint density at radius 3 is 2.52 bits per heavy atom. The van der Waals surface area contributed by atoms with Crippen LogP contribution >= 0.6 is 11.6 Å². The summed E-state index contributed by atoms with van der Waals surface area (Å²) in [6, 6.07) is 4.93. The SMILES string of the molecule is C=C/C(F)=C\C=C\S(=O)(=O)N1CCN(Cc2cc(Cl)ccc2OCC(=O)O)CC1.CC. The van der Waals surface area contributed by atoms with Crippen LogP contribution in [0.4, 0.5) is 4.39 Å². The zero-order valence-corrected chi connectivity index (χ0v) is 19.2. The normalized spacial score (nSPS) is 15.9. The third kappa shape index (κ3) is 9.22. The molecule has 0 bridgehead atoms. The molecule has 0 radical (unpaired) electrons. The van der Waals surface area contributed by atoms with Crippen LogP contribution in [-0.2, 0) is 21.4 Å². The van der Waals surface area contributed by atoms with E-state index in [-0.39, 0.29) is 13.1 Å². The van der Waals surface area contributed by atoms with E-state index in [2.05, 4.69) is 6.58 Å². The number of benzene rings is 1. The van der Waals surface area contributed by atoms with Crippen molar-refractivity contribution < 1.29 is 27.4 Å². The quantitative estimate of drug-likeness (QED) is 0.547. The lowest BCUT2D eigenvalue weighted by atomic mass is 10.1. The summed E-state index contributed by atoms with van der Waals surface area (Å²) in [7, 11) is -3.65. The van der Waals surface area contributed by atoms with Gasteiger partial charge >= 0.3 is 5.97 Å². The van der Waals surface area contributed by atoms with Crippen LogP contribution in [0.3, 0.4) is 0 Å². The predicted molar refractivity (Wildman–Crippen MR) is 120 cm³/mol. The minimum atomic E-state index is -3.65. The highest BCUT2D eigenvalue weighted by Crippen LogP contribution is 2.25. The molecule has 1 aliphatic heterocycles. The number of aliphatic carboxylic acids is 1. The third-order valence-electron chi connectivity index (χ3n) is 4.16. The van der Waals surface area contributed by atoms with Crippen molar-refractivity contribution in [2.24, 2.45) is 0 Å². The molecule has 1 heterocycles. The molecule has 0 aliphatic carbocycles. The molecule has 1 fully saturated rings. The topological polar surface area (TPSA) is 87.2 Å². The highest BCUT2D eigenvalue weighted by molar-refractivity contribution is 7.92. The number of carbonyl (C=O) groups is 1. The maximum atomic E-state index is 13.0. The maximum absolute atomic E-state index is 13.0. The summed E-state index contributed by atoms with van der Waals surface area (Å²) >= 11 is 6.04. The Kier molecular flexibility index (Phi) is 11.5. The lowest BCUT2D eigenvalue weighted by molar-refractivity contribution is -0.139. The molecule has 0 saturated carbocycles. The summed E-state index contributed by atoms with van der Waals surface area (Å²) < 4.78 is 44.2. The Labute approximate surface area is 188 Å². The maximum Gasteiger partial charge on any atom is 0.341 e. The van der Waals surface area contributed by atoms with Crippen LogP contribution in [0.1, 0.15) is 19.4 Å². The summed E-state index contributed by atoms with van der Waals surface area (Å²) in [5.41, 5.74) is 0.722. The lowest BCUT2D eigenvalue weighted by Crippen LogP contribution is -2.47. The monoisotopic (exact) mass is 474 g/mol. The van der Waals surface area contributed by atoms with E-state index in [4.69, 9.17) is 21.4 Å². The second-order valence-electron chi connectivity index (χ2n) is 6.24. The molecule has 0 spiro atoms. The van der Waals surface area contributed by atoms with Gasteiger partial charge in [0, 0.05) is 48.7 Å². The summed E-state index contributed by atoms with van der Waals surface area (Å²) in [5, 5.41) is 10.2. The predicted octanol–water partition coefficient (Wildman–Crippen LogP) is 3.83. The van der Waals surface area contributed by atoms with Gasteiger partial charge in [-0.3, -0.25) is 4.90 Å². The minimum Gasteiger partial charge on any atom is -0.482 e. The molecule has 2 rings (SSSR count). The standard InChI is InChI=1S/C19H22ClFN2O5S.C2H6/c1-2-17(21)4-3-11-29(26,27)23-9-7-22(8-10-23)13-15-12-16(20)5-6-18(15)28-14-19(24)25;1-2/h2-6,11-12H,1,7-10,13-14H2,(H,24,25);1-2H3/b11-3+,17-4+;. The number of carboxylic acid groups (broad SMARTS) is 1. The number of hydrogen-bond acceptors (Lipinski definition) is 5. The Morgan fingerprint density at radius 2 is 1.94 bits per heavy atom. The number of halogens is 2. The Hall–Kier alpha value is -2.20. The minimum absolute atomic E-state index is 0.270. The molecule has 0 amide bonds. The molecule has 0 atom stereocenters. The number of hydrogen-bond donors (Lipinski definition) is 1. The highest BCUT2D eigenvalue weighted by atomic mass is 35.5. The fraction of sp³-hybridized carbons (Fsp3) is 0.381. The van der Waals surface area contributed by atoms with E-state index >= 15 is 0 Å². The van der Waals surface area contributed by atoms with E-state index in [1.165, 1.54) is 4.31 Å². The second-order valence-corrected chi connectivity index (χ2v) is 8.49. The second kappa shape index (κ2) is 13.3. The van der Waals surface area contributed by atoms with Gasteiger partial charge in [-0.05, 0) is 36.4 Å². The van der Waals surface area contributed by atoms with Crippen molar-refractivity contribution in [3.8, 4) is 5.75 Å². The first-order valence-electron chi connectivity index (χ1n) is 9.73. The largest absolute Gasteiger partial charge is 0.482 e. The van der Waals surface area contributed by atoms with Gasteiger partial charge in [0.15, 0.2) is 6.61 Å². The highest BCUT2D eigenvalue weighted by Gasteiger charge is 2.25. The number of rotatable bonds is 9. The first kappa shape index (κ1) is 26.8. The van der Waals surface area contributed by atoms with E-state index in [0.29, 0.717) is 30.4 Å². The van der Waals surface area contributed by atoms with Crippen molar-refractivity contribution in [2.75, 3.05) is 32.8 Å². The molecule has 1 N–H and O–H groups in total.